The lowest BCUT2D eigenvalue weighted by molar-refractivity contribution is -0.122. The summed E-state index contributed by atoms with van der Waals surface area (Å²) in [5.74, 6) is 1.53. The number of imide groups is 2. The molecule has 134 valence electrons. The highest BCUT2D eigenvalue weighted by Crippen LogP contribution is 2.23. The molecular formula is C21H16N2O4. The quantitative estimate of drug-likeness (QED) is 0.517. The molecule has 0 atom stereocenters. The topological polar surface area (TPSA) is 75.7 Å². The summed E-state index contributed by atoms with van der Waals surface area (Å²) in [6, 6.07) is 12.8. The lowest BCUT2D eigenvalue weighted by atomic mass is 10.1. The van der Waals surface area contributed by atoms with Crippen molar-refractivity contribution < 1.29 is 19.1 Å². The van der Waals surface area contributed by atoms with Crippen LogP contribution in [0.1, 0.15) is 11.1 Å². The minimum atomic E-state index is -0.774. The van der Waals surface area contributed by atoms with E-state index in [9.17, 15) is 14.4 Å². The number of hydrogen-bond acceptors (Lipinski definition) is 4. The fraction of sp³-hybridized carbons (Fsp3) is 0.0952. The van der Waals surface area contributed by atoms with Gasteiger partial charge >= 0.3 is 6.03 Å². The van der Waals surface area contributed by atoms with Gasteiger partial charge in [-0.2, -0.15) is 0 Å². The lowest BCUT2D eigenvalue weighted by Crippen LogP contribution is -2.54. The van der Waals surface area contributed by atoms with Gasteiger partial charge in [-0.05, 0) is 42.8 Å². The normalized spacial score (nSPS) is 15.5. The fourth-order valence-electron chi connectivity index (χ4n) is 2.54. The number of amides is 4. The van der Waals surface area contributed by atoms with Gasteiger partial charge in [-0.15, -0.1) is 6.42 Å². The van der Waals surface area contributed by atoms with Crippen molar-refractivity contribution in [3.8, 4) is 18.1 Å². The summed E-state index contributed by atoms with van der Waals surface area (Å²) in [4.78, 5) is 38.0. The first-order valence-corrected chi connectivity index (χ1v) is 8.14. The highest BCUT2D eigenvalue weighted by atomic mass is 16.5. The molecule has 0 spiro atoms. The van der Waals surface area contributed by atoms with E-state index < -0.39 is 17.8 Å². The van der Waals surface area contributed by atoms with Gasteiger partial charge in [0.1, 0.15) is 17.9 Å². The van der Waals surface area contributed by atoms with Crippen LogP contribution in [0.5, 0.6) is 5.75 Å². The number of ether oxygens (including phenoxy) is 1. The van der Waals surface area contributed by atoms with E-state index in [0.717, 1.165) is 10.5 Å². The van der Waals surface area contributed by atoms with Crippen LogP contribution in [0.2, 0.25) is 0 Å². The van der Waals surface area contributed by atoms with Crippen LogP contribution < -0.4 is 15.0 Å². The Morgan fingerprint density at radius 1 is 1.07 bits per heavy atom. The summed E-state index contributed by atoms with van der Waals surface area (Å²) in [6.07, 6.45) is 6.57. The van der Waals surface area contributed by atoms with Crippen LogP contribution in [0, 0.1) is 19.3 Å². The summed E-state index contributed by atoms with van der Waals surface area (Å²) in [7, 11) is 0. The SMILES string of the molecule is C#CCOc1ccc(/C=C2/C(=O)NC(=O)N(c3ccc(C)cc3)C2=O)cc1. The third kappa shape index (κ3) is 3.88. The average molecular weight is 360 g/mol. The fourth-order valence-corrected chi connectivity index (χ4v) is 2.54. The van der Waals surface area contributed by atoms with E-state index in [1.165, 1.54) is 6.08 Å². The van der Waals surface area contributed by atoms with Crippen molar-refractivity contribution in [1.82, 2.24) is 5.32 Å². The molecule has 1 N–H and O–H groups in total. The first-order valence-electron chi connectivity index (χ1n) is 8.14. The van der Waals surface area contributed by atoms with Gasteiger partial charge in [-0.3, -0.25) is 14.9 Å². The van der Waals surface area contributed by atoms with E-state index in [1.54, 1.807) is 48.5 Å². The Morgan fingerprint density at radius 3 is 2.37 bits per heavy atom. The number of benzene rings is 2. The monoisotopic (exact) mass is 360 g/mol. The van der Waals surface area contributed by atoms with Crippen LogP contribution in [0.4, 0.5) is 10.5 Å². The van der Waals surface area contributed by atoms with Crippen LogP contribution in [0.25, 0.3) is 6.08 Å². The maximum Gasteiger partial charge on any atom is 0.335 e. The van der Waals surface area contributed by atoms with Gasteiger partial charge in [-0.1, -0.05) is 35.7 Å². The zero-order valence-electron chi connectivity index (χ0n) is 14.6. The minimum Gasteiger partial charge on any atom is -0.481 e. The summed E-state index contributed by atoms with van der Waals surface area (Å²) < 4.78 is 5.29. The van der Waals surface area contributed by atoms with E-state index in [-0.39, 0.29) is 12.2 Å². The number of rotatable bonds is 4. The van der Waals surface area contributed by atoms with Gasteiger partial charge in [0.15, 0.2) is 0 Å². The molecule has 0 saturated carbocycles. The molecule has 2 aromatic carbocycles. The number of hydrogen-bond donors (Lipinski definition) is 1. The second kappa shape index (κ2) is 7.58. The predicted octanol–water partition coefficient (Wildman–Crippen LogP) is 2.67. The number of aryl methyl sites for hydroxylation is 1. The minimum absolute atomic E-state index is 0.132. The maximum absolute atomic E-state index is 12.8. The van der Waals surface area contributed by atoms with Crippen LogP contribution in [-0.4, -0.2) is 24.5 Å². The van der Waals surface area contributed by atoms with Crippen LogP contribution in [0.3, 0.4) is 0 Å². The molecule has 0 aromatic heterocycles. The Labute approximate surface area is 156 Å². The van der Waals surface area contributed by atoms with Crippen molar-refractivity contribution in [1.29, 1.82) is 0 Å². The molecule has 0 aliphatic carbocycles. The smallest absolute Gasteiger partial charge is 0.335 e. The molecule has 0 radical (unpaired) electrons. The zero-order chi connectivity index (χ0) is 19.4. The van der Waals surface area contributed by atoms with Crippen molar-refractivity contribution in [2.75, 3.05) is 11.5 Å². The van der Waals surface area contributed by atoms with Gasteiger partial charge in [0, 0.05) is 0 Å². The highest BCUT2D eigenvalue weighted by Gasteiger charge is 2.36. The molecule has 6 nitrogen and oxygen atoms in total. The lowest BCUT2D eigenvalue weighted by Gasteiger charge is -2.26. The first-order chi connectivity index (χ1) is 13.0. The van der Waals surface area contributed by atoms with E-state index in [0.29, 0.717) is 17.0 Å². The van der Waals surface area contributed by atoms with E-state index in [2.05, 4.69) is 11.2 Å². The summed E-state index contributed by atoms with van der Waals surface area (Å²) in [5, 5.41) is 2.19. The number of carbonyl (C=O) groups is 3. The van der Waals surface area contributed by atoms with Gasteiger partial charge < -0.3 is 4.74 Å². The summed E-state index contributed by atoms with van der Waals surface area (Å²) in [6.45, 7) is 2.04. The van der Waals surface area contributed by atoms with Crippen molar-refractivity contribution in [2.45, 2.75) is 6.92 Å². The third-order valence-electron chi connectivity index (χ3n) is 3.91. The van der Waals surface area contributed by atoms with Crippen molar-refractivity contribution >= 4 is 29.6 Å². The summed E-state index contributed by atoms with van der Waals surface area (Å²) >= 11 is 0. The molecule has 3 rings (SSSR count). The first kappa shape index (κ1) is 18.0. The van der Waals surface area contributed by atoms with Gasteiger partial charge in [-0.25, -0.2) is 9.69 Å². The molecule has 0 bridgehead atoms. The third-order valence-corrected chi connectivity index (χ3v) is 3.91. The number of barbiturate groups is 1. The van der Waals surface area contributed by atoms with Crippen molar-refractivity contribution in [3.63, 3.8) is 0 Å². The van der Waals surface area contributed by atoms with Gasteiger partial charge in [0.25, 0.3) is 11.8 Å². The van der Waals surface area contributed by atoms with Gasteiger partial charge in [0.05, 0.1) is 5.69 Å². The standard InChI is InChI=1S/C21H16N2O4/c1-3-12-27-17-10-6-15(7-11-17)13-18-19(24)22-21(26)23(20(18)25)16-8-4-14(2)5-9-16/h1,4-11,13H,12H2,2H3,(H,22,24,26)/b18-13-. The predicted molar refractivity (Wildman–Crippen MR) is 101 cm³/mol. The molecule has 1 saturated heterocycles. The van der Waals surface area contributed by atoms with Crippen LogP contribution in [0.15, 0.2) is 54.1 Å². The van der Waals surface area contributed by atoms with Gasteiger partial charge in [0.2, 0.25) is 0 Å². The Kier molecular flexibility index (Phi) is 5.04. The molecule has 1 heterocycles. The highest BCUT2D eigenvalue weighted by molar-refractivity contribution is 6.39. The Morgan fingerprint density at radius 2 is 1.74 bits per heavy atom. The number of anilines is 1. The number of terminal acetylenes is 1. The van der Waals surface area contributed by atoms with Crippen LogP contribution >= 0.6 is 0 Å². The van der Waals surface area contributed by atoms with Crippen LogP contribution in [-0.2, 0) is 9.59 Å². The number of nitrogens with zero attached hydrogens (tertiary/aromatic N) is 1. The molecular weight excluding hydrogens is 344 g/mol. The number of carbonyl (C=O) groups excluding carboxylic acids is 3. The van der Waals surface area contributed by atoms with E-state index >= 15 is 0 Å². The Hall–Kier alpha value is -3.85. The zero-order valence-corrected chi connectivity index (χ0v) is 14.6. The van der Waals surface area contributed by atoms with Crippen molar-refractivity contribution in [3.05, 3.63) is 65.2 Å². The molecule has 4 amide bonds. The molecule has 27 heavy (non-hydrogen) atoms. The number of urea groups is 1. The van der Waals surface area contributed by atoms with E-state index in [1.807, 2.05) is 6.92 Å². The maximum atomic E-state index is 12.8. The second-order valence-electron chi connectivity index (χ2n) is 5.86. The molecule has 1 aliphatic heterocycles. The second-order valence-corrected chi connectivity index (χ2v) is 5.86. The van der Waals surface area contributed by atoms with E-state index in [4.69, 9.17) is 11.2 Å². The molecule has 1 aliphatic rings. The largest absolute Gasteiger partial charge is 0.481 e. The average Bonchev–Trinajstić information content (AvgIpc) is 2.66. The summed E-state index contributed by atoms with van der Waals surface area (Å²) in [5.41, 5.74) is 1.86. The Bertz CT molecular complexity index is 967. The van der Waals surface area contributed by atoms with Crippen molar-refractivity contribution in [2.24, 2.45) is 0 Å². The molecule has 0 unspecified atom stereocenters. The molecule has 2 aromatic rings. The molecule has 6 heteroatoms. The Balaban J connectivity index is 1.89. The molecule has 1 fully saturated rings. The number of nitrogens with one attached hydrogen (secondary N) is 1.